The van der Waals surface area contributed by atoms with E-state index in [9.17, 15) is 4.39 Å². The molecule has 0 unspecified atom stereocenters. The fourth-order valence-electron chi connectivity index (χ4n) is 1.82. The molecule has 0 bridgehead atoms. The Bertz CT molecular complexity index is 604. The van der Waals surface area contributed by atoms with Crippen LogP contribution in [-0.4, -0.2) is 23.6 Å². The first kappa shape index (κ1) is 14.0. The maximum absolute atomic E-state index is 13.5. The van der Waals surface area contributed by atoms with Crippen molar-refractivity contribution in [1.29, 1.82) is 0 Å². The third-order valence-corrected chi connectivity index (χ3v) is 2.87. The largest absolute Gasteiger partial charge is 0.490 e. The second kappa shape index (κ2) is 6.18. The quantitative estimate of drug-likeness (QED) is 0.878. The average Bonchev–Trinajstić information content (AvgIpc) is 2.44. The van der Waals surface area contributed by atoms with Crippen LogP contribution in [0.2, 0.25) is 0 Å². The molecule has 0 aliphatic carbocycles. The van der Waals surface area contributed by atoms with Crippen LogP contribution in [0, 0.1) is 12.7 Å². The molecule has 2 aromatic rings. The summed E-state index contributed by atoms with van der Waals surface area (Å²) in [6, 6.07) is 4.85. The van der Waals surface area contributed by atoms with Crippen LogP contribution in [0.25, 0.3) is 0 Å². The Balaban J connectivity index is 2.38. The van der Waals surface area contributed by atoms with E-state index >= 15 is 0 Å². The van der Waals surface area contributed by atoms with Gasteiger partial charge in [-0.05, 0) is 26.0 Å². The fourth-order valence-corrected chi connectivity index (χ4v) is 1.82. The van der Waals surface area contributed by atoms with Crippen LogP contribution in [0.15, 0.2) is 24.5 Å². The van der Waals surface area contributed by atoms with Crippen molar-refractivity contribution in [3.63, 3.8) is 0 Å². The standard InChI is InChI=1S/C14H17FN4O/c1-4-16-13-12(20-3)14(18-8-17-13)19-11-7-5-6-10(15)9(11)2/h5-8H,4H2,1-3H3,(H2,16,17,18,19). The summed E-state index contributed by atoms with van der Waals surface area (Å²) in [6.07, 6.45) is 1.43. The molecule has 0 atom stereocenters. The first-order valence-corrected chi connectivity index (χ1v) is 6.32. The van der Waals surface area contributed by atoms with E-state index in [2.05, 4.69) is 20.6 Å². The highest BCUT2D eigenvalue weighted by Crippen LogP contribution is 2.32. The van der Waals surface area contributed by atoms with Crippen molar-refractivity contribution >= 4 is 17.3 Å². The Labute approximate surface area is 117 Å². The molecule has 2 N–H and O–H groups in total. The SMILES string of the molecule is CCNc1ncnc(Nc2cccc(F)c2C)c1OC. The van der Waals surface area contributed by atoms with E-state index in [1.165, 1.54) is 12.4 Å². The van der Waals surface area contributed by atoms with Crippen molar-refractivity contribution in [2.75, 3.05) is 24.3 Å². The Kier molecular flexibility index (Phi) is 4.34. The lowest BCUT2D eigenvalue weighted by Gasteiger charge is -2.14. The van der Waals surface area contributed by atoms with Crippen LogP contribution >= 0.6 is 0 Å². The summed E-state index contributed by atoms with van der Waals surface area (Å²) in [5.41, 5.74) is 1.17. The molecule has 1 aromatic carbocycles. The number of benzene rings is 1. The predicted molar refractivity (Wildman–Crippen MR) is 77.2 cm³/mol. The van der Waals surface area contributed by atoms with E-state index in [-0.39, 0.29) is 5.82 Å². The van der Waals surface area contributed by atoms with Gasteiger partial charge < -0.3 is 15.4 Å². The molecular formula is C14H17FN4O. The van der Waals surface area contributed by atoms with E-state index in [0.29, 0.717) is 35.2 Å². The lowest BCUT2D eigenvalue weighted by atomic mass is 10.2. The average molecular weight is 276 g/mol. The number of nitrogens with one attached hydrogen (secondary N) is 2. The zero-order chi connectivity index (χ0) is 14.5. The Morgan fingerprint density at radius 2 is 2.00 bits per heavy atom. The topological polar surface area (TPSA) is 59.1 Å². The highest BCUT2D eigenvalue weighted by atomic mass is 19.1. The van der Waals surface area contributed by atoms with Crippen molar-refractivity contribution in [2.24, 2.45) is 0 Å². The van der Waals surface area contributed by atoms with E-state index in [1.807, 2.05) is 6.92 Å². The number of nitrogens with zero attached hydrogens (tertiary/aromatic N) is 2. The van der Waals surface area contributed by atoms with Crippen molar-refractivity contribution < 1.29 is 9.13 Å². The van der Waals surface area contributed by atoms with Crippen molar-refractivity contribution in [1.82, 2.24) is 9.97 Å². The smallest absolute Gasteiger partial charge is 0.204 e. The summed E-state index contributed by atoms with van der Waals surface area (Å²) >= 11 is 0. The van der Waals surface area contributed by atoms with E-state index < -0.39 is 0 Å². The second-order valence-corrected chi connectivity index (χ2v) is 4.17. The highest BCUT2D eigenvalue weighted by Gasteiger charge is 2.13. The van der Waals surface area contributed by atoms with Crippen LogP contribution in [0.3, 0.4) is 0 Å². The zero-order valence-corrected chi connectivity index (χ0v) is 11.7. The molecule has 0 saturated carbocycles. The van der Waals surface area contributed by atoms with Gasteiger partial charge in [-0.2, -0.15) is 0 Å². The van der Waals surface area contributed by atoms with Crippen molar-refractivity contribution in [2.45, 2.75) is 13.8 Å². The Morgan fingerprint density at radius 3 is 2.70 bits per heavy atom. The Morgan fingerprint density at radius 1 is 1.25 bits per heavy atom. The normalized spacial score (nSPS) is 10.2. The molecular weight excluding hydrogens is 259 g/mol. The third-order valence-electron chi connectivity index (χ3n) is 2.87. The highest BCUT2D eigenvalue weighted by molar-refractivity contribution is 5.70. The minimum Gasteiger partial charge on any atom is -0.490 e. The molecule has 0 radical (unpaired) electrons. The lowest BCUT2D eigenvalue weighted by Crippen LogP contribution is -2.06. The maximum atomic E-state index is 13.5. The molecule has 20 heavy (non-hydrogen) atoms. The van der Waals surface area contributed by atoms with Crippen LogP contribution in [0.1, 0.15) is 12.5 Å². The molecule has 106 valence electrons. The third kappa shape index (κ3) is 2.79. The van der Waals surface area contributed by atoms with Gasteiger partial charge in [-0.25, -0.2) is 14.4 Å². The molecule has 2 rings (SSSR count). The van der Waals surface area contributed by atoms with Crippen LogP contribution in [0.5, 0.6) is 5.75 Å². The predicted octanol–water partition coefficient (Wildman–Crippen LogP) is 3.11. The van der Waals surface area contributed by atoms with Gasteiger partial charge in [0, 0.05) is 17.8 Å². The summed E-state index contributed by atoms with van der Waals surface area (Å²) in [5.74, 6) is 1.32. The van der Waals surface area contributed by atoms with Gasteiger partial charge in [0.2, 0.25) is 5.75 Å². The molecule has 0 spiro atoms. The second-order valence-electron chi connectivity index (χ2n) is 4.17. The van der Waals surface area contributed by atoms with Crippen LogP contribution < -0.4 is 15.4 Å². The number of anilines is 3. The monoisotopic (exact) mass is 276 g/mol. The van der Waals surface area contributed by atoms with Crippen LogP contribution in [0.4, 0.5) is 21.7 Å². The minimum absolute atomic E-state index is 0.269. The summed E-state index contributed by atoms with van der Waals surface area (Å²) in [5, 5.41) is 6.16. The van der Waals surface area contributed by atoms with Gasteiger partial charge >= 0.3 is 0 Å². The summed E-state index contributed by atoms with van der Waals surface area (Å²) in [4.78, 5) is 8.27. The van der Waals surface area contributed by atoms with E-state index in [1.54, 1.807) is 26.2 Å². The molecule has 5 nitrogen and oxygen atoms in total. The molecule has 0 aliphatic rings. The van der Waals surface area contributed by atoms with E-state index in [4.69, 9.17) is 4.74 Å². The van der Waals surface area contributed by atoms with Gasteiger partial charge in [0.15, 0.2) is 11.6 Å². The number of aromatic nitrogens is 2. The lowest BCUT2D eigenvalue weighted by molar-refractivity contribution is 0.415. The molecule has 6 heteroatoms. The number of ether oxygens (including phenoxy) is 1. The summed E-state index contributed by atoms with van der Waals surface area (Å²) in [6.45, 7) is 4.38. The first-order valence-electron chi connectivity index (χ1n) is 6.32. The number of methoxy groups -OCH3 is 1. The van der Waals surface area contributed by atoms with Gasteiger partial charge in [-0.1, -0.05) is 6.07 Å². The Hall–Kier alpha value is -2.37. The number of hydrogen-bond acceptors (Lipinski definition) is 5. The molecule has 1 aromatic heterocycles. The van der Waals surface area contributed by atoms with Gasteiger partial charge in [-0.3, -0.25) is 0 Å². The van der Waals surface area contributed by atoms with Gasteiger partial charge in [-0.15, -0.1) is 0 Å². The number of rotatable bonds is 5. The number of hydrogen-bond donors (Lipinski definition) is 2. The number of halogens is 1. The molecule has 0 fully saturated rings. The van der Waals surface area contributed by atoms with Crippen molar-refractivity contribution in [3.8, 4) is 5.75 Å². The first-order chi connectivity index (χ1) is 9.67. The van der Waals surface area contributed by atoms with Gasteiger partial charge in [0.05, 0.1) is 7.11 Å². The maximum Gasteiger partial charge on any atom is 0.204 e. The van der Waals surface area contributed by atoms with Crippen molar-refractivity contribution in [3.05, 3.63) is 35.9 Å². The summed E-state index contributed by atoms with van der Waals surface area (Å²) < 4.78 is 18.9. The molecule has 0 saturated heterocycles. The van der Waals surface area contributed by atoms with E-state index in [0.717, 1.165) is 0 Å². The van der Waals surface area contributed by atoms with Gasteiger partial charge in [0.25, 0.3) is 0 Å². The molecule has 0 aliphatic heterocycles. The summed E-state index contributed by atoms with van der Waals surface area (Å²) in [7, 11) is 1.54. The molecule has 1 heterocycles. The zero-order valence-electron chi connectivity index (χ0n) is 11.7. The van der Waals surface area contributed by atoms with Gasteiger partial charge in [0.1, 0.15) is 12.1 Å². The fraction of sp³-hybridized carbons (Fsp3) is 0.286. The molecule has 0 amide bonds. The van der Waals surface area contributed by atoms with Crippen LogP contribution in [-0.2, 0) is 0 Å². The minimum atomic E-state index is -0.269.